The highest BCUT2D eigenvalue weighted by Crippen LogP contribution is 2.07. The van der Waals surface area contributed by atoms with Gasteiger partial charge in [-0.1, -0.05) is 60.7 Å². The number of methoxy groups -OCH3 is 1. The molecule has 3 aromatic rings. The van der Waals surface area contributed by atoms with Crippen LogP contribution in [0.1, 0.15) is 16.8 Å². The van der Waals surface area contributed by atoms with Crippen LogP contribution in [0.25, 0.3) is 0 Å². The second-order valence-corrected chi connectivity index (χ2v) is 7.30. The first-order chi connectivity index (χ1) is 16.0. The fourth-order valence-corrected chi connectivity index (χ4v) is 3.19. The molecule has 0 radical (unpaired) electrons. The number of hydrogen-bond acceptors (Lipinski definition) is 6. The smallest absolute Gasteiger partial charge is 0.408 e. The third-order valence-corrected chi connectivity index (χ3v) is 4.87. The molecule has 0 bridgehead atoms. The maximum atomic E-state index is 13.1. The Hall–Kier alpha value is -4.14. The van der Waals surface area contributed by atoms with Crippen LogP contribution in [0.15, 0.2) is 73.2 Å². The molecule has 9 heteroatoms. The van der Waals surface area contributed by atoms with E-state index in [1.165, 1.54) is 13.4 Å². The highest BCUT2D eigenvalue weighted by Gasteiger charge is 2.28. The van der Waals surface area contributed by atoms with Gasteiger partial charge in [-0.25, -0.2) is 14.6 Å². The number of amides is 2. The lowest BCUT2D eigenvalue weighted by Gasteiger charge is -2.22. The Balaban J connectivity index is 1.69. The second-order valence-electron chi connectivity index (χ2n) is 7.30. The number of hydrogen-bond donors (Lipinski definition) is 3. The zero-order valence-corrected chi connectivity index (χ0v) is 18.2. The number of benzene rings is 2. The van der Waals surface area contributed by atoms with Crippen molar-refractivity contribution in [3.63, 3.8) is 0 Å². The number of aromatic amines is 1. The summed E-state index contributed by atoms with van der Waals surface area (Å²) in [5, 5.41) is 5.28. The minimum Gasteiger partial charge on any atom is -0.467 e. The number of nitrogens with one attached hydrogen (secondary N) is 3. The standard InChI is InChI=1S/C24H26N4O5/c1-32-23(30)21(13-19-14-25-16-26-19)27-22(29)20(12-17-8-4-2-5-9-17)28-24(31)33-15-18-10-6-3-7-11-18/h2-11,14,16,20-21H,12-13,15H2,1H3,(H,25,26)(H,27,29)(H,28,31). The number of carbonyl (C=O) groups excluding carboxylic acids is 3. The van der Waals surface area contributed by atoms with Gasteiger partial charge in [0.1, 0.15) is 18.7 Å². The molecule has 0 saturated carbocycles. The summed E-state index contributed by atoms with van der Waals surface area (Å²) in [6.07, 6.45) is 2.72. The van der Waals surface area contributed by atoms with Gasteiger partial charge >= 0.3 is 12.1 Å². The molecule has 0 saturated heterocycles. The summed E-state index contributed by atoms with van der Waals surface area (Å²) in [7, 11) is 1.24. The van der Waals surface area contributed by atoms with Gasteiger partial charge in [-0.3, -0.25) is 4.79 Å². The predicted octanol–water partition coefficient (Wildman–Crippen LogP) is 2.15. The van der Waals surface area contributed by atoms with Gasteiger partial charge in [0, 0.05) is 19.0 Å². The predicted molar refractivity (Wildman–Crippen MR) is 120 cm³/mol. The van der Waals surface area contributed by atoms with Crippen LogP contribution in [-0.4, -0.2) is 47.1 Å². The van der Waals surface area contributed by atoms with Crippen molar-refractivity contribution in [2.75, 3.05) is 7.11 Å². The van der Waals surface area contributed by atoms with E-state index in [1.54, 1.807) is 6.20 Å². The number of nitrogens with zero attached hydrogens (tertiary/aromatic N) is 1. The van der Waals surface area contributed by atoms with Crippen LogP contribution in [0, 0.1) is 0 Å². The minimum absolute atomic E-state index is 0.0658. The van der Waals surface area contributed by atoms with Gasteiger partial charge in [0.15, 0.2) is 0 Å². The monoisotopic (exact) mass is 450 g/mol. The molecule has 1 aromatic heterocycles. The maximum Gasteiger partial charge on any atom is 0.408 e. The van der Waals surface area contributed by atoms with Crippen molar-refractivity contribution in [2.24, 2.45) is 0 Å². The van der Waals surface area contributed by atoms with Gasteiger partial charge in [-0.2, -0.15) is 0 Å². The van der Waals surface area contributed by atoms with E-state index in [-0.39, 0.29) is 19.4 Å². The van der Waals surface area contributed by atoms with Crippen molar-refractivity contribution < 1.29 is 23.9 Å². The van der Waals surface area contributed by atoms with Gasteiger partial charge in [0.05, 0.1) is 19.1 Å². The molecule has 0 aliphatic heterocycles. The van der Waals surface area contributed by atoms with Crippen molar-refractivity contribution in [2.45, 2.75) is 31.5 Å². The molecule has 33 heavy (non-hydrogen) atoms. The van der Waals surface area contributed by atoms with E-state index in [4.69, 9.17) is 9.47 Å². The molecular weight excluding hydrogens is 424 g/mol. The number of aromatic nitrogens is 2. The summed E-state index contributed by atoms with van der Waals surface area (Å²) < 4.78 is 10.1. The minimum atomic E-state index is -0.970. The largest absolute Gasteiger partial charge is 0.467 e. The molecule has 3 rings (SSSR count). The average Bonchev–Trinajstić information content (AvgIpc) is 3.36. The van der Waals surface area contributed by atoms with Crippen molar-refractivity contribution >= 4 is 18.0 Å². The van der Waals surface area contributed by atoms with E-state index < -0.39 is 30.1 Å². The number of esters is 1. The normalized spacial score (nSPS) is 12.3. The van der Waals surface area contributed by atoms with E-state index in [1.807, 2.05) is 60.7 Å². The van der Waals surface area contributed by atoms with E-state index in [2.05, 4.69) is 20.6 Å². The third kappa shape index (κ3) is 7.49. The quantitative estimate of drug-likeness (QED) is 0.407. The molecule has 1 heterocycles. The number of alkyl carbamates (subject to hydrolysis) is 1. The van der Waals surface area contributed by atoms with Gasteiger partial charge in [-0.15, -0.1) is 0 Å². The van der Waals surface area contributed by atoms with Crippen LogP contribution < -0.4 is 10.6 Å². The highest BCUT2D eigenvalue weighted by atomic mass is 16.5. The summed E-state index contributed by atoms with van der Waals surface area (Å²) >= 11 is 0. The summed E-state index contributed by atoms with van der Waals surface area (Å²) in [5.74, 6) is -1.15. The maximum absolute atomic E-state index is 13.1. The third-order valence-electron chi connectivity index (χ3n) is 4.87. The second kappa shape index (κ2) is 12.0. The summed E-state index contributed by atoms with van der Waals surface area (Å²) in [4.78, 5) is 44.7. The van der Waals surface area contributed by atoms with Gasteiger partial charge < -0.3 is 25.1 Å². The number of ether oxygens (including phenoxy) is 2. The lowest BCUT2D eigenvalue weighted by atomic mass is 10.0. The van der Waals surface area contributed by atoms with Crippen LogP contribution in [0.3, 0.4) is 0 Å². The molecular formula is C24H26N4O5. The molecule has 3 N–H and O–H groups in total. The molecule has 0 spiro atoms. The fraction of sp³-hybridized carbons (Fsp3) is 0.250. The van der Waals surface area contributed by atoms with Crippen LogP contribution in [0.2, 0.25) is 0 Å². The molecule has 2 amide bonds. The zero-order valence-electron chi connectivity index (χ0n) is 18.2. The average molecular weight is 450 g/mol. The molecule has 2 unspecified atom stereocenters. The van der Waals surface area contributed by atoms with Crippen LogP contribution in [0.4, 0.5) is 4.79 Å². The molecule has 172 valence electrons. The van der Waals surface area contributed by atoms with Crippen LogP contribution in [-0.2, 0) is 38.5 Å². The summed E-state index contributed by atoms with van der Waals surface area (Å²) in [6.45, 7) is 0.0658. The Kier molecular flexibility index (Phi) is 8.58. The Morgan fingerprint density at radius 1 is 0.909 bits per heavy atom. The Morgan fingerprint density at radius 3 is 2.18 bits per heavy atom. The van der Waals surface area contributed by atoms with Crippen LogP contribution >= 0.6 is 0 Å². The number of carbonyl (C=O) groups is 3. The Labute approximate surface area is 191 Å². The number of rotatable bonds is 10. The van der Waals surface area contributed by atoms with E-state index in [0.29, 0.717) is 5.69 Å². The molecule has 2 aromatic carbocycles. The van der Waals surface area contributed by atoms with Crippen LogP contribution in [0.5, 0.6) is 0 Å². The van der Waals surface area contributed by atoms with Gasteiger partial charge in [-0.05, 0) is 11.1 Å². The Bertz CT molecular complexity index is 1030. The lowest BCUT2D eigenvalue weighted by Crippen LogP contribution is -2.53. The van der Waals surface area contributed by atoms with E-state index >= 15 is 0 Å². The SMILES string of the molecule is COC(=O)C(Cc1c[nH]cn1)NC(=O)C(Cc1ccccc1)NC(=O)OCc1ccccc1. The first kappa shape index (κ1) is 23.5. The Morgan fingerprint density at radius 2 is 1.58 bits per heavy atom. The molecule has 0 fully saturated rings. The zero-order chi connectivity index (χ0) is 23.5. The number of imidazole rings is 1. The topological polar surface area (TPSA) is 122 Å². The van der Waals surface area contributed by atoms with E-state index in [9.17, 15) is 14.4 Å². The highest BCUT2D eigenvalue weighted by molar-refractivity contribution is 5.90. The van der Waals surface area contributed by atoms with Crippen molar-refractivity contribution in [1.82, 2.24) is 20.6 Å². The molecule has 0 aliphatic rings. The molecule has 9 nitrogen and oxygen atoms in total. The van der Waals surface area contributed by atoms with Gasteiger partial charge in [0.2, 0.25) is 5.91 Å². The molecule has 0 aliphatic carbocycles. The van der Waals surface area contributed by atoms with Gasteiger partial charge in [0.25, 0.3) is 0 Å². The number of H-pyrrole nitrogens is 1. The summed E-state index contributed by atoms with van der Waals surface area (Å²) in [5.41, 5.74) is 2.24. The first-order valence-electron chi connectivity index (χ1n) is 10.4. The van der Waals surface area contributed by atoms with Crippen molar-refractivity contribution in [3.05, 3.63) is 90.0 Å². The van der Waals surface area contributed by atoms with Crippen molar-refractivity contribution in [3.8, 4) is 0 Å². The lowest BCUT2D eigenvalue weighted by molar-refractivity contribution is -0.145. The van der Waals surface area contributed by atoms with Crippen molar-refractivity contribution in [1.29, 1.82) is 0 Å². The first-order valence-corrected chi connectivity index (χ1v) is 10.4. The molecule has 2 atom stereocenters. The summed E-state index contributed by atoms with van der Waals surface area (Å²) in [6, 6.07) is 16.5. The van der Waals surface area contributed by atoms with E-state index in [0.717, 1.165) is 11.1 Å². The fourth-order valence-electron chi connectivity index (χ4n) is 3.19.